The molecule has 1 aliphatic rings. The highest BCUT2D eigenvalue weighted by molar-refractivity contribution is 6.22. The van der Waals surface area contributed by atoms with E-state index < -0.39 is 6.04 Å². The second-order valence-corrected chi connectivity index (χ2v) is 7.16. The summed E-state index contributed by atoms with van der Waals surface area (Å²) in [7, 11) is 0. The van der Waals surface area contributed by atoms with Crippen LogP contribution in [0.4, 0.5) is 5.69 Å². The molecule has 2 amide bonds. The van der Waals surface area contributed by atoms with Crippen molar-refractivity contribution in [1.29, 1.82) is 0 Å². The van der Waals surface area contributed by atoms with Gasteiger partial charge in [0.2, 0.25) is 5.91 Å². The second kappa shape index (κ2) is 7.00. The van der Waals surface area contributed by atoms with Crippen molar-refractivity contribution in [2.24, 2.45) is 0 Å². The maximum Gasteiger partial charge on any atom is 0.251 e. The van der Waals surface area contributed by atoms with Crippen molar-refractivity contribution in [1.82, 2.24) is 10.3 Å². The van der Waals surface area contributed by atoms with Crippen LogP contribution in [0.15, 0.2) is 48.7 Å². The van der Waals surface area contributed by atoms with Crippen LogP contribution in [0.25, 0.3) is 10.9 Å². The van der Waals surface area contributed by atoms with Gasteiger partial charge >= 0.3 is 0 Å². The van der Waals surface area contributed by atoms with E-state index in [1.54, 1.807) is 0 Å². The molecule has 0 aliphatic carbocycles. The third-order valence-corrected chi connectivity index (χ3v) is 5.36. The van der Waals surface area contributed by atoms with Crippen LogP contribution in [0.5, 0.6) is 0 Å². The average Bonchev–Trinajstić information content (AvgIpc) is 3.19. The fourth-order valence-electron chi connectivity index (χ4n) is 3.65. The maximum absolute atomic E-state index is 12.8. The predicted octanol–water partition coefficient (Wildman–Crippen LogP) is 3.25. The van der Waals surface area contributed by atoms with E-state index in [4.69, 9.17) is 0 Å². The molecule has 1 aliphatic heterocycles. The van der Waals surface area contributed by atoms with Crippen LogP contribution in [0.1, 0.15) is 23.1 Å². The molecule has 0 unspecified atom stereocenters. The van der Waals surface area contributed by atoms with E-state index in [1.165, 1.54) is 15.8 Å². The number of anilines is 1. The number of fused-ring (bicyclic) bond motifs is 1. The SMILES string of the molecule is Cc1ccc(N2C(=O)C[C@@H](NCCc3c[nH]c4ccccc34)C2=O)cc1C. The summed E-state index contributed by atoms with van der Waals surface area (Å²) >= 11 is 0. The Morgan fingerprint density at radius 3 is 2.74 bits per heavy atom. The first-order valence-electron chi connectivity index (χ1n) is 9.27. The van der Waals surface area contributed by atoms with E-state index in [2.05, 4.69) is 16.4 Å². The van der Waals surface area contributed by atoms with E-state index >= 15 is 0 Å². The van der Waals surface area contributed by atoms with Crippen molar-refractivity contribution in [3.8, 4) is 0 Å². The number of aromatic amines is 1. The molecule has 2 N–H and O–H groups in total. The Kier molecular flexibility index (Phi) is 4.54. The molecule has 5 heteroatoms. The van der Waals surface area contributed by atoms with Gasteiger partial charge in [-0.3, -0.25) is 9.59 Å². The number of carbonyl (C=O) groups excluding carboxylic acids is 2. The molecule has 0 bridgehead atoms. The van der Waals surface area contributed by atoms with Crippen LogP contribution in [-0.4, -0.2) is 29.4 Å². The standard InChI is InChI=1S/C22H23N3O2/c1-14-7-8-17(11-15(14)2)25-21(26)12-20(22(25)27)23-10-9-16-13-24-19-6-4-3-5-18(16)19/h3-8,11,13,20,23-24H,9-10,12H2,1-2H3/t20-/m1/s1. The van der Waals surface area contributed by atoms with Gasteiger partial charge in [0, 0.05) is 23.6 Å². The predicted molar refractivity (Wildman–Crippen MR) is 107 cm³/mol. The lowest BCUT2D eigenvalue weighted by Crippen LogP contribution is -2.39. The third-order valence-electron chi connectivity index (χ3n) is 5.36. The van der Waals surface area contributed by atoms with Crippen LogP contribution in [0.3, 0.4) is 0 Å². The molecule has 138 valence electrons. The van der Waals surface area contributed by atoms with Gasteiger partial charge in [0.15, 0.2) is 0 Å². The third kappa shape index (κ3) is 3.26. The summed E-state index contributed by atoms with van der Waals surface area (Å²) in [5, 5.41) is 4.46. The zero-order chi connectivity index (χ0) is 19.0. The Labute approximate surface area is 158 Å². The number of para-hydroxylation sites is 1. The molecule has 2 aromatic carbocycles. The molecule has 0 spiro atoms. The summed E-state index contributed by atoms with van der Waals surface area (Å²) in [4.78, 5) is 29.8. The number of hydrogen-bond acceptors (Lipinski definition) is 3. The highest BCUT2D eigenvalue weighted by Gasteiger charge is 2.39. The number of rotatable bonds is 5. The Bertz CT molecular complexity index is 1020. The van der Waals surface area contributed by atoms with Crippen LogP contribution < -0.4 is 10.2 Å². The summed E-state index contributed by atoms with van der Waals surface area (Å²) in [5.41, 5.74) is 5.20. The van der Waals surface area contributed by atoms with E-state index in [0.717, 1.165) is 23.1 Å². The monoisotopic (exact) mass is 361 g/mol. The number of hydrogen-bond donors (Lipinski definition) is 2. The lowest BCUT2D eigenvalue weighted by Gasteiger charge is -2.16. The zero-order valence-electron chi connectivity index (χ0n) is 15.6. The quantitative estimate of drug-likeness (QED) is 0.686. The van der Waals surface area contributed by atoms with Gasteiger partial charge in [-0.1, -0.05) is 24.3 Å². The fraction of sp³-hybridized carbons (Fsp3) is 0.273. The van der Waals surface area contributed by atoms with Gasteiger partial charge in [0.05, 0.1) is 18.2 Å². The molecule has 0 saturated carbocycles. The average molecular weight is 361 g/mol. The Hall–Kier alpha value is -2.92. The number of nitrogens with zero attached hydrogens (tertiary/aromatic N) is 1. The van der Waals surface area contributed by atoms with Gasteiger partial charge in [0.1, 0.15) is 0 Å². The van der Waals surface area contributed by atoms with Crippen LogP contribution >= 0.6 is 0 Å². The Balaban J connectivity index is 1.42. The second-order valence-electron chi connectivity index (χ2n) is 7.16. The molecule has 1 saturated heterocycles. The first-order valence-corrected chi connectivity index (χ1v) is 9.27. The largest absolute Gasteiger partial charge is 0.361 e. The summed E-state index contributed by atoms with van der Waals surface area (Å²) < 4.78 is 0. The highest BCUT2D eigenvalue weighted by atomic mass is 16.2. The number of nitrogens with one attached hydrogen (secondary N) is 2. The van der Waals surface area contributed by atoms with Gasteiger partial charge in [-0.2, -0.15) is 0 Å². The summed E-state index contributed by atoms with van der Waals surface area (Å²) in [5.74, 6) is -0.310. The first kappa shape index (κ1) is 17.5. The molecule has 1 fully saturated rings. The summed E-state index contributed by atoms with van der Waals surface area (Å²) in [6, 6.07) is 13.4. The molecule has 5 nitrogen and oxygen atoms in total. The van der Waals surface area contributed by atoms with Crippen LogP contribution in [0, 0.1) is 13.8 Å². The molecule has 0 radical (unpaired) electrons. The molecular formula is C22H23N3O2. The number of aromatic nitrogens is 1. The van der Waals surface area contributed by atoms with Crippen molar-refractivity contribution < 1.29 is 9.59 Å². The van der Waals surface area contributed by atoms with E-state index in [9.17, 15) is 9.59 Å². The number of imide groups is 1. The fourth-order valence-corrected chi connectivity index (χ4v) is 3.65. The number of H-pyrrole nitrogens is 1. The van der Waals surface area contributed by atoms with E-state index in [-0.39, 0.29) is 18.2 Å². The molecular weight excluding hydrogens is 338 g/mol. The summed E-state index contributed by atoms with van der Waals surface area (Å²) in [6.45, 7) is 4.65. The minimum absolute atomic E-state index is 0.146. The molecule has 27 heavy (non-hydrogen) atoms. The number of amides is 2. The number of aryl methyl sites for hydroxylation is 2. The lowest BCUT2D eigenvalue weighted by molar-refractivity contribution is -0.121. The minimum atomic E-state index is -0.454. The Morgan fingerprint density at radius 1 is 1.11 bits per heavy atom. The van der Waals surface area contributed by atoms with Crippen LogP contribution in [-0.2, 0) is 16.0 Å². The zero-order valence-corrected chi connectivity index (χ0v) is 15.6. The summed E-state index contributed by atoms with van der Waals surface area (Å²) in [6.07, 6.45) is 3.01. The first-order chi connectivity index (χ1) is 13.0. The van der Waals surface area contributed by atoms with Gasteiger partial charge in [-0.15, -0.1) is 0 Å². The topological polar surface area (TPSA) is 65.2 Å². The van der Waals surface area contributed by atoms with Gasteiger partial charge < -0.3 is 10.3 Å². The molecule has 2 heterocycles. The van der Waals surface area contributed by atoms with Crippen molar-refractivity contribution in [3.63, 3.8) is 0 Å². The van der Waals surface area contributed by atoms with Gasteiger partial charge in [-0.05, 0) is 55.2 Å². The molecule has 1 atom stereocenters. The van der Waals surface area contributed by atoms with Gasteiger partial charge in [0.25, 0.3) is 5.91 Å². The normalized spacial score (nSPS) is 17.3. The number of carbonyl (C=O) groups is 2. The lowest BCUT2D eigenvalue weighted by atomic mass is 10.1. The van der Waals surface area contributed by atoms with E-state index in [1.807, 2.05) is 56.4 Å². The maximum atomic E-state index is 12.8. The van der Waals surface area contributed by atoms with Gasteiger partial charge in [-0.25, -0.2) is 4.90 Å². The smallest absolute Gasteiger partial charge is 0.251 e. The van der Waals surface area contributed by atoms with Crippen molar-refractivity contribution in [2.75, 3.05) is 11.4 Å². The van der Waals surface area contributed by atoms with Crippen molar-refractivity contribution in [3.05, 3.63) is 65.4 Å². The molecule has 4 rings (SSSR count). The molecule has 3 aromatic rings. The highest BCUT2D eigenvalue weighted by Crippen LogP contribution is 2.25. The van der Waals surface area contributed by atoms with Crippen molar-refractivity contribution >= 4 is 28.4 Å². The molecule has 1 aromatic heterocycles. The van der Waals surface area contributed by atoms with E-state index in [0.29, 0.717) is 12.2 Å². The Morgan fingerprint density at radius 2 is 1.93 bits per heavy atom. The van der Waals surface area contributed by atoms with Crippen LogP contribution in [0.2, 0.25) is 0 Å². The minimum Gasteiger partial charge on any atom is -0.361 e. The number of benzene rings is 2. The van der Waals surface area contributed by atoms with Crippen molar-refractivity contribution in [2.45, 2.75) is 32.7 Å².